The number of aliphatic imine (C=N–C) groups is 1. The number of nitrogens with zero attached hydrogens (tertiary/aromatic N) is 1. The molecule has 0 fully saturated rings. The summed E-state index contributed by atoms with van der Waals surface area (Å²) in [7, 11) is 0. The molecule has 0 aliphatic carbocycles. The smallest absolute Gasteiger partial charge is 0.314 e. The van der Waals surface area contributed by atoms with E-state index in [1.54, 1.807) is 18.2 Å². The summed E-state index contributed by atoms with van der Waals surface area (Å²) in [6, 6.07) is 16.5. The van der Waals surface area contributed by atoms with Gasteiger partial charge in [-0.2, -0.15) is 0 Å². The van der Waals surface area contributed by atoms with Crippen LogP contribution in [0.3, 0.4) is 0 Å². The van der Waals surface area contributed by atoms with Gasteiger partial charge in [-0.15, -0.1) is 0 Å². The molecule has 2 rings (SSSR count). The van der Waals surface area contributed by atoms with Crippen molar-refractivity contribution in [3.8, 4) is 5.75 Å². The maximum atomic E-state index is 12.1. The SMILES string of the molecule is CC(Cc1cccc(N=C(N)N)c1)C(=O)Oc1ccccc1.O=C([O-])[O-]. The van der Waals surface area contributed by atoms with Crippen LogP contribution in [-0.2, 0) is 11.2 Å². The van der Waals surface area contributed by atoms with E-state index in [1.165, 1.54) is 0 Å². The molecule has 0 radical (unpaired) electrons. The number of carbonyl (C=O) groups excluding carboxylic acids is 2. The van der Waals surface area contributed by atoms with Gasteiger partial charge in [-0.25, -0.2) is 4.99 Å². The average molecular weight is 357 g/mol. The topological polar surface area (TPSA) is 154 Å². The second-order valence-corrected chi connectivity index (χ2v) is 5.30. The zero-order chi connectivity index (χ0) is 19.5. The first-order chi connectivity index (χ1) is 12.3. The monoisotopic (exact) mass is 357 g/mol. The summed E-state index contributed by atoms with van der Waals surface area (Å²) in [6.45, 7) is 1.83. The van der Waals surface area contributed by atoms with Gasteiger partial charge in [0.2, 0.25) is 0 Å². The quantitative estimate of drug-likeness (QED) is 0.328. The van der Waals surface area contributed by atoms with Crippen LogP contribution >= 0.6 is 0 Å². The summed E-state index contributed by atoms with van der Waals surface area (Å²) in [5.41, 5.74) is 12.4. The van der Waals surface area contributed by atoms with Gasteiger partial charge in [-0.1, -0.05) is 37.3 Å². The highest BCUT2D eigenvalue weighted by Crippen LogP contribution is 2.18. The lowest BCUT2D eigenvalue weighted by Gasteiger charge is -2.11. The summed E-state index contributed by atoms with van der Waals surface area (Å²) in [6.07, 6.45) is -1.78. The van der Waals surface area contributed by atoms with E-state index in [4.69, 9.17) is 31.2 Å². The Balaban J connectivity index is 0.000000765. The highest BCUT2D eigenvalue weighted by Gasteiger charge is 2.16. The molecule has 0 spiro atoms. The van der Waals surface area contributed by atoms with Crippen molar-refractivity contribution in [1.29, 1.82) is 0 Å². The van der Waals surface area contributed by atoms with Gasteiger partial charge in [0.25, 0.3) is 0 Å². The van der Waals surface area contributed by atoms with Crippen molar-refractivity contribution in [3.05, 3.63) is 60.2 Å². The molecule has 8 heteroatoms. The highest BCUT2D eigenvalue weighted by molar-refractivity contribution is 5.79. The Hall–Kier alpha value is -3.55. The third-order valence-corrected chi connectivity index (χ3v) is 3.07. The molecule has 0 bridgehead atoms. The second-order valence-electron chi connectivity index (χ2n) is 5.30. The lowest BCUT2D eigenvalue weighted by Crippen LogP contribution is -2.37. The van der Waals surface area contributed by atoms with Crippen molar-refractivity contribution in [2.75, 3.05) is 0 Å². The van der Waals surface area contributed by atoms with Gasteiger partial charge in [0.1, 0.15) is 5.75 Å². The van der Waals surface area contributed by atoms with Gasteiger partial charge in [0.05, 0.1) is 11.6 Å². The van der Waals surface area contributed by atoms with E-state index >= 15 is 0 Å². The molecule has 4 N–H and O–H groups in total. The van der Waals surface area contributed by atoms with E-state index in [0.717, 1.165) is 5.56 Å². The van der Waals surface area contributed by atoms with Crippen molar-refractivity contribution >= 4 is 23.8 Å². The summed E-state index contributed by atoms with van der Waals surface area (Å²) in [4.78, 5) is 24.4. The summed E-state index contributed by atoms with van der Waals surface area (Å²) in [5.74, 6) is 0.0235. The number of nitrogens with two attached hydrogens (primary N) is 2. The van der Waals surface area contributed by atoms with Crippen molar-refractivity contribution in [2.24, 2.45) is 22.4 Å². The Bertz CT molecular complexity index is 754. The molecule has 0 aliphatic rings. The largest absolute Gasteiger partial charge is 0.652 e. The fourth-order valence-corrected chi connectivity index (χ4v) is 2.04. The highest BCUT2D eigenvalue weighted by atomic mass is 16.6. The number of hydrogen-bond acceptors (Lipinski definition) is 6. The van der Waals surface area contributed by atoms with Gasteiger partial charge in [-0.3, -0.25) is 4.79 Å². The molecule has 0 aromatic heterocycles. The Labute approximate surface area is 150 Å². The van der Waals surface area contributed by atoms with Crippen molar-refractivity contribution in [3.63, 3.8) is 0 Å². The lowest BCUT2D eigenvalue weighted by molar-refractivity contribution is -0.415. The van der Waals surface area contributed by atoms with Gasteiger partial charge in [0.15, 0.2) is 5.96 Å². The molecule has 8 nitrogen and oxygen atoms in total. The predicted molar refractivity (Wildman–Crippen MR) is 92.3 cm³/mol. The molecule has 26 heavy (non-hydrogen) atoms. The number of ether oxygens (including phenoxy) is 1. The van der Waals surface area contributed by atoms with Gasteiger partial charge in [-0.05, 0) is 42.4 Å². The Kier molecular flexibility index (Phi) is 8.15. The predicted octanol–water partition coefficient (Wildman–Crippen LogP) is -0.0713. The Morgan fingerprint density at radius 1 is 1.08 bits per heavy atom. The minimum absolute atomic E-state index is 0.00804. The van der Waals surface area contributed by atoms with Crippen LogP contribution in [0.2, 0.25) is 0 Å². The summed E-state index contributed by atoms with van der Waals surface area (Å²) in [5, 5.41) is 16.7. The van der Waals surface area contributed by atoms with Gasteiger partial charge < -0.3 is 31.2 Å². The molecule has 0 saturated carbocycles. The fourth-order valence-electron chi connectivity index (χ4n) is 2.04. The molecule has 2 aromatic rings. The van der Waals surface area contributed by atoms with E-state index in [0.29, 0.717) is 17.9 Å². The summed E-state index contributed by atoms with van der Waals surface area (Å²) < 4.78 is 5.34. The van der Waals surface area contributed by atoms with Crippen LogP contribution in [0.25, 0.3) is 0 Å². The normalized spacial score (nSPS) is 10.7. The van der Waals surface area contributed by atoms with Crippen LogP contribution in [0.5, 0.6) is 5.75 Å². The fraction of sp³-hybridized carbons (Fsp3) is 0.167. The first-order valence-electron chi connectivity index (χ1n) is 7.61. The Morgan fingerprint density at radius 2 is 1.69 bits per heavy atom. The van der Waals surface area contributed by atoms with Gasteiger partial charge >= 0.3 is 5.97 Å². The molecule has 1 atom stereocenters. The minimum Gasteiger partial charge on any atom is -0.652 e. The zero-order valence-electron chi connectivity index (χ0n) is 14.1. The first-order valence-corrected chi connectivity index (χ1v) is 7.61. The molecular formula is C18H19N3O5-2. The third kappa shape index (κ3) is 8.34. The van der Waals surface area contributed by atoms with Crippen LogP contribution < -0.4 is 26.4 Å². The van der Waals surface area contributed by atoms with Crippen molar-refractivity contribution in [2.45, 2.75) is 13.3 Å². The zero-order valence-corrected chi connectivity index (χ0v) is 14.1. The molecule has 0 amide bonds. The summed E-state index contributed by atoms with van der Waals surface area (Å²) >= 11 is 0. The average Bonchev–Trinajstić information content (AvgIpc) is 2.55. The van der Waals surface area contributed by atoms with Gasteiger partial charge in [0, 0.05) is 0 Å². The standard InChI is InChI=1S/C17H19N3O2.CH2O3/c1-12(16(21)22-15-8-3-2-4-9-15)10-13-6-5-7-14(11-13)20-17(18)19;2-1(3)4/h2-9,11-12H,10H2,1H3,(H4,18,19,20);(H2,2,3,4)/p-2. The molecule has 0 aliphatic heterocycles. The van der Waals surface area contributed by atoms with E-state index in [2.05, 4.69) is 4.99 Å². The van der Waals surface area contributed by atoms with E-state index in [9.17, 15) is 4.79 Å². The molecule has 1 unspecified atom stereocenters. The second kappa shape index (κ2) is 10.3. The van der Waals surface area contributed by atoms with Crippen molar-refractivity contribution < 1.29 is 24.5 Å². The molecule has 0 saturated heterocycles. The molecule has 138 valence electrons. The van der Waals surface area contributed by atoms with E-state index in [1.807, 2.05) is 43.3 Å². The number of carbonyl (C=O) groups is 2. The number of guanidine groups is 1. The molecular weight excluding hydrogens is 338 g/mol. The lowest BCUT2D eigenvalue weighted by atomic mass is 10.0. The number of esters is 1. The van der Waals surface area contributed by atoms with E-state index in [-0.39, 0.29) is 17.8 Å². The third-order valence-electron chi connectivity index (χ3n) is 3.07. The van der Waals surface area contributed by atoms with Crippen molar-refractivity contribution in [1.82, 2.24) is 0 Å². The minimum atomic E-state index is -2.33. The van der Waals surface area contributed by atoms with Crippen LogP contribution in [0.15, 0.2) is 59.6 Å². The number of carboxylic acid groups (broad SMARTS) is 2. The Morgan fingerprint density at radius 3 is 2.27 bits per heavy atom. The molecule has 2 aromatic carbocycles. The number of para-hydroxylation sites is 1. The van der Waals surface area contributed by atoms with E-state index < -0.39 is 6.16 Å². The maximum absolute atomic E-state index is 12.1. The van der Waals surface area contributed by atoms with Crippen LogP contribution in [0.4, 0.5) is 10.5 Å². The number of benzene rings is 2. The van der Waals surface area contributed by atoms with Crippen LogP contribution in [0.1, 0.15) is 12.5 Å². The first kappa shape index (κ1) is 20.5. The number of rotatable bonds is 5. The maximum Gasteiger partial charge on any atom is 0.314 e. The number of hydrogen-bond donors (Lipinski definition) is 2. The van der Waals surface area contributed by atoms with Crippen LogP contribution in [0, 0.1) is 5.92 Å². The molecule has 0 heterocycles. The van der Waals surface area contributed by atoms with Crippen LogP contribution in [-0.4, -0.2) is 18.1 Å².